The van der Waals surface area contributed by atoms with Crippen LogP contribution in [0.25, 0.3) is 10.8 Å². The minimum Gasteiger partial charge on any atom is -0.469 e. The predicted molar refractivity (Wildman–Crippen MR) is 80.7 cm³/mol. The summed E-state index contributed by atoms with van der Waals surface area (Å²) in [5, 5.41) is 5.77. The van der Waals surface area contributed by atoms with Gasteiger partial charge in [0.2, 0.25) is 0 Å². The molecule has 102 valence electrons. The molecule has 20 heavy (non-hydrogen) atoms. The number of aromatic nitrogens is 1. The zero-order valence-electron chi connectivity index (χ0n) is 11.8. The average molecular weight is 266 g/mol. The monoisotopic (exact) mass is 266 g/mol. The molecule has 0 spiro atoms. The molecule has 3 heteroatoms. The molecule has 3 nitrogen and oxygen atoms in total. The standard InChI is InChI=1S/C17H18N2O/c1-3-16-14(8-9-20-16)17(18-2)15-11-19-10-12-6-4-5-7-13(12)15/h4-11,17-18H,3H2,1-2H3. The van der Waals surface area contributed by atoms with Crippen molar-refractivity contribution in [1.29, 1.82) is 0 Å². The summed E-state index contributed by atoms with van der Waals surface area (Å²) in [5.41, 5.74) is 2.37. The van der Waals surface area contributed by atoms with E-state index in [1.165, 1.54) is 16.5 Å². The molecule has 3 aromatic rings. The highest BCUT2D eigenvalue weighted by atomic mass is 16.3. The summed E-state index contributed by atoms with van der Waals surface area (Å²) in [7, 11) is 1.97. The van der Waals surface area contributed by atoms with Crippen molar-refractivity contribution in [2.24, 2.45) is 0 Å². The molecule has 0 aliphatic heterocycles. The normalized spacial score (nSPS) is 12.7. The molecule has 2 aromatic heterocycles. The summed E-state index contributed by atoms with van der Waals surface area (Å²) >= 11 is 0. The minimum absolute atomic E-state index is 0.0994. The lowest BCUT2D eigenvalue weighted by molar-refractivity contribution is 0.505. The topological polar surface area (TPSA) is 38.1 Å². The minimum atomic E-state index is 0.0994. The summed E-state index contributed by atoms with van der Waals surface area (Å²) in [6.07, 6.45) is 6.49. The molecule has 0 bridgehead atoms. The Morgan fingerprint density at radius 1 is 1.15 bits per heavy atom. The smallest absolute Gasteiger partial charge is 0.108 e. The average Bonchev–Trinajstić information content (AvgIpc) is 2.97. The molecule has 0 amide bonds. The third-order valence-corrected chi connectivity index (χ3v) is 3.71. The van der Waals surface area contributed by atoms with Gasteiger partial charge < -0.3 is 9.73 Å². The van der Waals surface area contributed by atoms with Crippen molar-refractivity contribution in [3.63, 3.8) is 0 Å². The van der Waals surface area contributed by atoms with Crippen molar-refractivity contribution in [3.05, 3.63) is 65.9 Å². The van der Waals surface area contributed by atoms with E-state index in [0.29, 0.717) is 0 Å². The maximum Gasteiger partial charge on any atom is 0.108 e. The number of furan rings is 1. The highest BCUT2D eigenvalue weighted by Crippen LogP contribution is 2.30. The molecule has 1 atom stereocenters. The molecule has 0 radical (unpaired) electrons. The molecule has 2 heterocycles. The van der Waals surface area contributed by atoms with Crippen LogP contribution in [0.1, 0.15) is 29.9 Å². The molecular formula is C17H18N2O. The summed E-state index contributed by atoms with van der Waals surface area (Å²) < 4.78 is 5.57. The summed E-state index contributed by atoms with van der Waals surface area (Å²) in [6.45, 7) is 2.11. The van der Waals surface area contributed by atoms with Gasteiger partial charge in [-0.3, -0.25) is 4.98 Å². The van der Waals surface area contributed by atoms with Crippen molar-refractivity contribution in [3.8, 4) is 0 Å². The second-order valence-electron chi connectivity index (χ2n) is 4.82. The van der Waals surface area contributed by atoms with Crippen LogP contribution in [0.15, 0.2) is 53.4 Å². The maximum atomic E-state index is 5.57. The predicted octanol–water partition coefficient (Wildman–Crippen LogP) is 3.70. The number of benzene rings is 1. The molecule has 0 saturated carbocycles. The van der Waals surface area contributed by atoms with Crippen LogP contribution in [0, 0.1) is 0 Å². The van der Waals surface area contributed by atoms with E-state index >= 15 is 0 Å². The Balaban J connectivity index is 2.17. The van der Waals surface area contributed by atoms with Crippen LogP contribution in [0.3, 0.4) is 0 Å². The lowest BCUT2D eigenvalue weighted by Gasteiger charge is -2.18. The number of hydrogen-bond acceptors (Lipinski definition) is 3. The highest BCUT2D eigenvalue weighted by Gasteiger charge is 2.19. The fourth-order valence-electron chi connectivity index (χ4n) is 2.74. The highest BCUT2D eigenvalue weighted by molar-refractivity contribution is 5.85. The van der Waals surface area contributed by atoms with E-state index in [9.17, 15) is 0 Å². The van der Waals surface area contributed by atoms with Gasteiger partial charge >= 0.3 is 0 Å². The Morgan fingerprint density at radius 2 is 2.00 bits per heavy atom. The van der Waals surface area contributed by atoms with Crippen LogP contribution in [0.5, 0.6) is 0 Å². The van der Waals surface area contributed by atoms with Gasteiger partial charge in [0.25, 0.3) is 0 Å². The Labute approximate surface area is 118 Å². The van der Waals surface area contributed by atoms with E-state index in [1.54, 1.807) is 6.26 Å². The Kier molecular flexibility index (Phi) is 3.52. The molecule has 1 unspecified atom stereocenters. The molecule has 0 aliphatic rings. The molecular weight excluding hydrogens is 248 g/mol. The quantitative estimate of drug-likeness (QED) is 0.782. The van der Waals surface area contributed by atoms with Crippen LogP contribution in [0.2, 0.25) is 0 Å². The Bertz CT molecular complexity index is 712. The van der Waals surface area contributed by atoms with E-state index in [-0.39, 0.29) is 6.04 Å². The van der Waals surface area contributed by atoms with E-state index in [2.05, 4.69) is 35.4 Å². The van der Waals surface area contributed by atoms with Gasteiger partial charge in [0.1, 0.15) is 5.76 Å². The number of nitrogens with zero attached hydrogens (tertiary/aromatic N) is 1. The van der Waals surface area contributed by atoms with Crippen LogP contribution < -0.4 is 5.32 Å². The van der Waals surface area contributed by atoms with Gasteiger partial charge in [0, 0.05) is 29.8 Å². The van der Waals surface area contributed by atoms with Crippen LogP contribution in [-0.4, -0.2) is 12.0 Å². The first-order valence-electron chi connectivity index (χ1n) is 6.91. The lowest BCUT2D eigenvalue weighted by atomic mass is 9.95. The van der Waals surface area contributed by atoms with E-state index in [1.807, 2.05) is 31.6 Å². The Morgan fingerprint density at radius 3 is 2.80 bits per heavy atom. The number of hydrogen-bond donors (Lipinski definition) is 1. The van der Waals surface area contributed by atoms with Crippen molar-refractivity contribution < 1.29 is 4.42 Å². The van der Waals surface area contributed by atoms with Crippen LogP contribution in [-0.2, 0) is 6.42 Å². The van der Waals surface area contributed by atoms with Crippen molar-refractivity contribution >= 4 is 10.8 Å². The molecule has 0 saturated heterocycles. The first-order valence-corrected chi connectivity index (χ1v) is 6.91. The van der Waals surface area contributed by atoms with Gasteiger partial charge in [-0.15, -0.1) is 0 Å². The van der Waals surface area contributed by atoms with E-state index in [0.717, 1.165) is 17.6 Å². The SMILES string of the molecule is CCc1occc1C(NC)c1cncc2ccccc12. The third-order valence-electron chi connectivity index (χ3n) is 3.71. The number of aryl methyl sites for hydroxylation is 1. The Hall–Kier alpha value is -2.13. The second kappa shape index (κ2) is 5.47. The van der Waals surface area contributed by atoms with Crippen LogP contribution >= 0.6 is 0 Å². The van der Waals surface area contributed by atoms with E-state index in [4.69, 9.17) is 4.42 Å². The van der Waals surface area contributed by atoms with Crippen LogP contribution in [0.4, 0.5) is 0 Å². The molecule has 1 N–H and O–H groups in total. The van der Waals surface area contributed by atoms with Crippen molar-refractivity contribution in [1.82, 2.24) is 10.3 Å². The first kappa shape index (κ1) is 12.9. The van der Waals surface area contributed by atoms with Gasteiger partial charge in [-0.25, -0.2) is 0 Å². The van der Waals surface area contributed by atoms with Gasteiger partial charge in [0.15, 0.2) is 0 Å². The summed E-state index contributed by atoms with van der Waals surface area (Å²) in [5.74, 6) is 1.03. The van der Waals surface area contributed by atoms with Crippen molar-refractivity contribution in [2.45, 2.75) is 19.4 Å². The summed E-state index contributed by atoms with van der Waals surface area (Å²) in [6, 6.07) is 10.5. The largest absolute Gasteiger partial charge is 0.469 e. The van der Waals surface area contributed by atoms with E-state index < -0.39 is 0 Å². The molecule has 3 rings (SSSR count). The third kappa shape index (κ3) is 2.10. The van der Waals surface area contributed by atoms with Gasteiger partial charge in [-0.1, -0.05) is 31.2 Å². The summed E-state index contributed by atoms with van der Waals surface area (Å²) in [4.78, 5) is 4.38. The molecule has 0 aliphatic carbocycles. The number of pyridine rings is 1. The fourth-order valence-corrected chi connectivity index (χ4v) is 2.74. The number of nitrogens with one attached hydrogen (secondary N) is 1. The maximum absolute atomic E-state index is 5.57. The number of rotatable bonds is 4. The van der Waals surface area contributed by atoms with Crippen molar-refractivity contribution in [2.75, 3.05) is 7.05 Å². The lowest BCUT2D eigenvalue weighted by Crippen LogP contribution is -2.18. The molecule has 1 aromatic carbocycles. The van der Waals surface area contributed by atoms with Gasteiger partial charge in [-0.05, 0) is 24.1 Å². The zero-order valence-corrected chi connectivity index (χ0v) is 11.8. The zero-order chi connectivity index (χ0) is 13.9. The second-order valence-corrected chi connectivity index (χ2v) is 4.82. The molecule has 0 fully saturated rings. The first-order chi connectivity index (χ1) is 9.85. The van der Waals surface area contributed by atoms with Gasteiger partial charge in [0.05, 0.1) is 12.3 Å². The fraction of sp³-hybridized carbons (Fsp3) is 0.235. The number of fused-ring (bicyclic) bond motifs is 1. The van der Waals surface area contributed by atoms with Gasteiger partial charge in [-0.2, -0.15) is 0 Å².